The van der Waals surface area contributed by atoms with Gasteiger partial charge in [0.25, 0.3) is 5.91 Å². The first kappa shape index (κ1) is 23.9. The van der Waals surface area contributed by atoms with Crippen molar-refractivity contribution in [1.82, 2.24) is 4.31 Å². The van der Waals surface area contributed by atoms with Crippen molar-refractivity contribution in [2.24, 2.45) is 0 Å². The number of carbonyl (C=O) groups is 2. The van der Waals surface area contributed by atoms with Crippen molar-refractivity contribution in [2.75, 3.05) is 24.5 Å². The Morgan fingerprint density at radius 1 is 0.969 bits per heavy atom. The second-order valence-corrected chi connectivity index (χ2v) is 9.75. The van der Waals surface area contributed by atoms with Crippen molar-refractivity contribution in [2.45, 2.75) is 50.5 Å². The van der Waals surface area contributed by atoms with E-state index in [4.69, 9.17) is 4.74 Å². The van der Waals surface area contributed by atoms with Crippen molar-refractivity contribution >= 4 is 27.6 Å². The summed E-state index contributed by atoms with van der Waals surface area (Å²) >= 11 is 0. The summed E-state index contributed by atoms with van der Waals surface area (Å²) in [7, 11) is -3.59. The van der Waals surface area contributed by atoms with Gasteiger partial charge in [-0.25, -0.2) is 13.2 Å². The zero-order chi connectivity index (χ0) is 23.1. The van der Waals surface area contributed by atoms with Gasteiger partial charge in [-0.05, 0) is 63.1 Å². The van der Waals surface area contributed by atoms with E-state index < -0.39 is 22.1 Å². The third-order valence-electron chi connectivity index (χ3n) is 5.57. The highest BCUT2D eigenvalue weighted by Crippen LogP contribution is 2.21. The Labute approximate surface area is 190 Å². The van der Waals surface area contributed by atoms with Crippen LogP contribution in [0.1, 0.15) is 49.9 Å². The van der Waals surface area contributed by atoms with E-state index in [9.17, 15) is 18.0 Å². The maximum atomic E-state index is 12.9. The monoisotopic (exact) mass is 458 g/mol. The minimum atomic E-state index is -3.59. The molecule has 3 rings (SSSR count). The Morgan fingerprint density at radius 2 is 1.56 bits per heavy atom. The molecule has 8 heteroatoms. The summed E-state index contributed by atoms with van der Waals surface area (Å²) in [5.74, 6) is -0.999. The number of hydrogen-bond donors (Lipinski definition) is 0. The third kappa shape index (κ3) is 5.55. The van der Waals surface area contributed by atoms with Gasteiger partial charge in [0.05, 0.1) is 10.5 Å². The Hall–Kier alpha value is -2.71. The first-order valence-electron chi connectivity index (χ1n) is 11.0. The minimum absolute atomic E-state index is 0.154. The molecule has 0 saturated carbocycles. The number of hydrogen-bond acceptors (Lipinski definition) is 5. The molecule has 0 unspecified atom stereocenters. The summed E-state index contributed by atoms with van der Waals surface area (Å²) in [6, 6.07) is 14.9. The summed E-state index contributed by atoms with van der Waals surface area (Å²) in [4.78, 5) is 27.1. The van der Waals surface area contributed by atoms with Gasteiger partial charge in [0.2, 0.25) is 10.0 Å². The van der Waals surface area contributed by atoms with E-state index in [1.807, 2.05) is 37.3 Å². The molecule has 2 aromatic carbocycles. The van der Waals surface area contributed by atoms with Crippen molar-refractivity contribution in [3.8, 4) is 0 Å². The number of esters is 1. The van der Waals surface area contributed by atoms with Crippen LogP contribution in [-0.2, 0) is 19.6 Å². The Balaban J connectivity index is 1.67. The molecule has 172 valence electrons. The lowest BCUT2D eigenvalue weighted by Crippen LogP contribution is -2.40. The first-order valence-corrected chi connectivity index (χ1v) is 12.5. The lowest BCUT2D eigenvalue weighted by atomic mass is 10.2. The van der Waals surface area contributed by atoms with Gasteiger partial charge in [-0.2, -0.15) is 4.31 Å². The fraction of sp³-hybridized carbons (Fsp3) is 0.417. The zero-order valence-corrected chi connectivity index (χ0v) is 19.4. The van der Waals surface area contributed by atoms with E-state index in [2.05, 4.69) is 0 Å². The highest BCUT2D eigenvalue weighted by Gasteiger charge is 2.27. The standard InChI is InChI=1S/C24H30N2O5S/c1-3-26(21-11-7-6-8-12-21)23(27)19(2)31-24(28)20-13-15-22(16-14-20)32(29,30)25-17-9-4-5-10-18-25/h6-8,11-16,19H,3-5,9-10,17-18H2,1-2H3/t19-/m0/s1. The lowest BCUT2D eigenvalue weighted by molar-refractivity contribution is -0.126. The second-order valence-electron chi connectivity index (χ2n) is 7.81. The van der Waals surface area contributed by atoms with Gasteiger partial charge >= 0.3 is 5.97 Å². The fourth-order valence-electron chi connectivity index (χ4n) is 3.77. The number of benzene rings is 2. The average molecular weight is 459 g/mol. The predicted molar refractivity (Wildman–Crippen MR) is 123 cm³/mol. The van der Waals surface area contributed by atoms with Crippen LogP contribution < -0.4 is 4.90 Å². The number of anilines is 1. The molecule has 0 aliphatic carbocycles. The van der Waals surface area contributed by atoms with Crippen molar-refractivity contribution in [3.63, 3.8) is 0 Å². The van der Waals surface area contributed by atoms with E-state index >= 15 is 0 Å². The van der Waals surface area contributed by atoms with Crippen molar-refractivity contribution in [1.29, 1.82) is 0 Å². The van der Waals surface area contributed by atoms with Crippen molar-refractivity contribution in [3.05, 3.63) is 60.2 Å². The van der Waals surface area contributed by atoms with Crippen LogP contribution in [0.25, 0.3) is 0 Å². The average Bonchev–Trinajstić information content (AvgIpc) is 3.10. The summed E-state index contributed by atoms with van der Waals surface area (Å²) in [5.41, 5.74) is 0.924. The molecule has 0 spiro atoms. The molecule has 1 fully saturated rings. The molecular formula is C24H30N2O5S. The zero-order valence-electron chi connectivity index (χ0n) is 18.6. The molecule has 1 saturated heterocycles. The van der Waals surface area contributed by atoms with Gasteiger partial charge in [-0.3, -0.25) is 4.79 Å². The molecule has 0 N–H and O–H groups in total. The normalized spacial score (nSPS) is 16.1. The van der Waals surface area contributed by atoms with E-state index in [0.717, 1.165) is 31.4 Å². The highest BCUT2D eigenvalue weighted by molar-refractivity contribution is 7.89. The minimum Gasteiger partial charge on any atom is -0.449 e. The van der Waals surface area contributed by atoms with Crippen LogP contribution in [0, 0.1) is 0 Å². The van der Waals surface area contributed by atoms with Gasteiger partial charge < -0.3 is 9.64 Å². The SMILES string of the molecule is CCN(C(=O)[C@H](C)OC(=O)c1ccc(S(=O)(=O)N2CCCCCC2)cc1)c1ccccc1. The largest absolute Gasteiger partial charge is 0.449 e. The van der Waals surface area contributed by atoms with Gasteiger partial charge in [0.1, 0.15) is 0 Å². The first-order chi connectivity index (χ1) is 15.3. The molecule has 0 bridgehead atoms. The summed E-state index contributed by atoms with van der Waals surface area (Å²) in [5, 5.41) is 0. The maximum Gasteiger partial charge on any atom is 0.338 e. The van der Waals surface area contributed by atoms with E-state index in [-0.39, 0.29) is 16.4 Å². The van der Waals surface area contributed by atoms with E-state index in [1.54, 1.807) is 4.90 Å². The van der Waals surface area contributed by atoms with Crippen LogP contribution >= 0.6 is 0 Å². The molecule has 2 aromatic rings. The molecule has 0 radical (unpaired) electrons. The summed E-state index contributed by atoms with van der Waals surface area (Å²) < 4.78 is 32.7. The number of rotatable bonds is 7. The molecule has 1 aliphatic rings. The van der Waals surface area contributed by atoms with Gasteiger partial charge in [-0.15, -0.1) is 0 Å². The maximum absolute atomic E-state index is 12.9. The van der Waals surface area contributed by atoms with Crippen LogP contribution in [0.2, 0.25) is 0 Å². The van der Waals surface area contributed by atoms with Crippen LogP contribution in [-0.4, -0.2) is 50.3 Å². The Bertz CT molecular complexity index is 1010. The molecule has 0 aromatic heterocycles. The predicted octanol–water partition coefficient (Wildman–Crippen LogP) is 3.85. The van der Waals surface area contributed by atoms with Crippen LogP contribution in [0.15, 0.2) is 59.5 Å². The van der Waals surface area contributed by atoms with Gasteiger partial charge in [0, 0.05) is 25.3 Å². The number of likely N-dealkylation sites (N-methyl/N-ethyl adjacent to an activating group) is 1. The molecule has 7 nitrogen and oxygen atoms in total. The highest BCUT2D eigenvalue weighted by atomic mass is 32.2. The number of ether oxygens (including phenoxy) is 1. The lowest BCUT2D eigenvalue weighted by Gasteiger charge is -2.24. The number of sulfonamides is 1. The Morgan fingerprint density at radius 3 is 2.12 bits per heavy atom. The molecule has 1 amide bonds. The van der Waals surface area contributed by atoms with E-state index in [0.29, 0.717) is 19.6 Å². The van der Waals surface area contributed by atoms with Crippen LogP contribution in [0.3, 0.4) is 0 Å². The summed E-state index contributed by atoms with van der Waals surface area (Å²) in [6.07, 6.45) is 2.80. The quantitative estimate of drug-likeness (QED) is 0.589. The third-order valence-corrected chi connectivity index (χ3v) is 7.49. The topological polar surface area (TPSA) is 84.0 Å². The smallest absolute Gasteiger partial charge is 0.338 e. The fourth-order valence-corrected chi connectivity index (χ4v) is 5.28. The number of nitrogens with zero attached hydrogens (tertiary/aromatic N) is 2. The molecule has 1 atom stereocenters. The van der Waals surface area contributed by atoms with Crippen LogP contribution in [0.5, 0.6) is 0 Å². The van der Waals surface area contributed by atoms with Gasteiger partial charge in [-0.1, -0.05) is 31.0 Å². The number of amides is 1. The van der Waals surface area contributed by atoms with Crippen LogP contribution in [0.4, 0.5) is 5.69 Å². The van der Waals surface area contributed by atoms with Crippen molar-refractivity contribution < 1.29 is 22.7 Å². The molecular weight excluding hydrogens is 428 g/mol. The molecule has 1 heterocycles. The van der Waals surface area contributed by atoms with Gasteiger partial charge in [0.15, 0.2) is 6.10 Å². The Kier molecular flexibility index (Phi) is 8.04. The molecule has 32 heavy (non-hydrogen) atoms. The second kappa shape index (κ2) is 10.7. The number of carbonyl (C=O) groups excluding carboxylic acids is 2. The molecule has 1 aliphatic heterocycles. The number of para-hydroxylation sites is 1. The van der Waals surface area contributed by atoms with E-state index in [1.165, 1.54) is 35.5 Å². The summed E-state index contributed by atoms with van der Waals surface area (Å²) in [6.45, 7) is 4.85.